The molecule has 21 heavy (non-hydrogen) atoms. The molecular formula is C13H13N3O4S. The third kappa shape index (κ3) is 3.99. The molecule has 7 nitrogen and oxygen atoms in total. The lowest BCUT2D eigenvalue weighted by Crippen LogP contribution is -2.20. The first-order valence-corrected chi connectivity index (χ1v) is 6.80. The number of methoxy groups -OCH3 is 1. The molecule has 1 aromatic carbocycles. The third-order valence-electron chi connectivity index (χ3n) is 2.45. The summed E-state index contributed by atoms with van der Waals surface area (Å²) in [7, 11) is 1.46. The van der Waals surface area contributed by atoms with Crippen LogP contribution in [0.5, 0.6) is 11.5 Å². The van der Waals surface area contributed by atoms with Gasteiger partial charge in [-0.05, 0) is 25.1 Å². The van der Waals surface area contributed by atoms with Gasteiger partial charge in [-0.3, -0.25) is 14.9 Å². The first kappa shape index (κ1) is 14.9. The molecule has 0 aliphatic heterocycles. The first-order valence-electron chi connectivity index (χ1n) is 5.98. The molecule has 1 heterocycles. The number of benzene rings is 1. The SMILES string of the molecule is COc1cc(C=O)ccc1OCC(=O)Nc1nnc(C)s1. The molecule has 2 aromatic rings. The maximum Gasteiger partial charge on any atom is 0.264 e. The van der Waals surface area contributed by atoms with Crippen LogP contribution in [-0.4, -0.2) is 36.1 Å². The minimum Gasteiger partial charge on any atom is -0.493 e. The smallest absolute Gasteiger partial charge is 0.264 e. The standard InChI is InChI=1S/C13H13N3O4S/c1-8-15-16-13(21-8)14-12(18)7-20-10-4-3-9(6-17)5-11(10)19-2/h3-6H,7H2,1-2H3,(H,14,16,18). The molecule has 0 unspecified atom stereocenters. The van der Waals surface area contributed by atoms with Gasteiger partial charge < -0.3 is 9.47 Å². The zero-order valence-corrected chi connectivity index (χ0v) is 12.3. The van der Waals surface area contributed by atoms with Crippen molar-refractivity contribution in [2.75, 3.05) is 19.0 Å². The molecule has 1 amide bonds. The first-order chi connectivity index (χ1) is 10.1. The maximum absolute atomic E-state index is 11.7. The second-order valence-corrected chi connectivity index (χ2v) is 5.17. The van der Waals surface area contributed by atoms with Crippen LogP contribution < -0.4 is 14.8 Å². The van der Waals surface area contributed by atoms with Crippen molar-refractivity contribution < 1.29 is 19.1 Å². The lowest BCUT2D eigenvalue weighted by Gasteiger charge is -2.10. The number of aldehydes is 1. The maximum atomic E-state index is 11.7. The average Bonchev–Trinajstić information content (AvgIpc) is 2.90. The summed E-state index contributed by atoms with van der Waals surface area (Å²) in [5.41, 5.74) is 0.466. The lowest BCUT2D eigenvalue weighted by atomic mass is 10.2. The Morgan fingerprint density at radius 3 is 2.81 bits per heavy atom. The van der Waals surface area contributed by atoms with Crippen LogP contribution in [0.15, 0.2) is 18.2 Å². The quantitative estimate of drug-likeness (QED) is 0.817. The van der Waals surface area contributed by atoms with Gasteiger partial charge in [-0.1, -0.05) is 11.3 Å². The molecule has 2 rings (SSSR count). The minimum absolute atomic E-state index is 0.199. The number of nitrogens with zero attached hydrogens (tertiary/aromatic N) is 2. The van der Waals surface area contributed by atoms with E-state index in [4.69, 9.17) is 9.47 Å². The fourth-order valence-corrected chi connectivity index (χ4v) is 2.13. The van der Waals surface area contributed by atoms with Crippen molar-refractivity contribution in [1.82, 2.24) is 10.2 Å². The Morgan fingerprint density at radius 2 is 2.19 bits per heavy atom. The zero-order valence-electron chi connectivity index (χ0n) is 11.5. The number of aryl methyl sites for hydroxylation is 1. The normalized spacial score (nSPS) is 10.0. The summed E-state index contributed by atoms with van der Waals surface area (Å²) in [5.74, 6) is 0.415. The minimum atomic E-state index is -0.354. The predicted octanol–water partition coefficient (Wildman–Crippen LogP) is 1.69. The van der Waals surface area contributed by atoms with Crippen molar-refractivity contribution >= 4 is 28.7 Å². The molecule has 0 saturated heterocycles. The van der Waals surface area contributed by atoms with E-state index in [1.165, 1.54) is 24.5 Å². The van der Waals surface area contributed by atoms with Crippen LogP contribution in [0.3, 0.4) is 0 Å². The van der Waals surface area contributed by atoms with Gasteiger partial charge in [0.15, 0.2) is 18.1 Å². The monoisotopic (exact) mass is 307 g/mol. The molecule has 0 aliphatic rings. The number of amides is 1. The number of nitrogens with one attached hydrogen (secondary N) is 1. The molecule has 0 bridgehead atoms. The highest BCUT2D eigenvalue weighted by Gasteiger charge is 2.10. The molecule has 0 atom stereocenters. The zero-order chi connectivity index (χ0) is 15.2. The molecule has 0 spiro atoms. The molecule has 0 saturated carbocycles. The van der Waals surface area contributed by atoms with Crippen LogP contribution in [0.2, 0.25) is 0 Å². The number of aromatic nitrogens is 2. The van der Waals surface area contributed by atoms with Crippen LogP contribution in [0.25, 0.3) is 0 Å². The highest BCUT2D eigenvalue weighted by Crippen LogP contribution is 2.27. The summed E-state index contributed by atoms with van der Waals surface area (Å²) in [6, 6.07) is 4.69. The van der Waals surface area contributed by atoms with E-state index in [1.807, 2.05) is 0 Å². The Morgan fingerprint density at radius 1 is 1.38 bits per heavy atom. The van der Waals surface area contributed by atoms with Gasteiger partial charge in [0.05, 0.1) is 7.11 Å². The third-order valence-corrected chi connectivity index (χ3v) is 3.21. The highest BCUT2D eigenvalue weighted by atomic mass is 32.1. The largest absolute Gasteiger partial charge is 0.493 e. The van der Waals surface area contributed by atoms with Crippen molar-refractivity contribution in [2.45, 2.75) is 6.92 Å². The van der Waals surface area contributed by atoms with Crippen molar-refractivity contribution in [3.05, 3.63) is 28.8 Å². The molecule has 0 fully saturated rings. The molecule has 0 radical (unpaired) electrons. The van der Waals surface area contributed by atoms with E-state index in [-0.39, 0.29) is 12.5 Å². The Labute approximate surface area is 124 Å². The number of hydrogen-bond acceptors (Lipinski definition) is 7. The molecule has 8 heteroatoms. The van der Waals surface area contributed by atoms with E-state index in [9.17, 15) is 9.59 Å². The summed E-state index contributed by atoms with van der Waals surface area (Å²) in [5, 5.41) is 11.3. The predicted molar refractivity (Wildman–Crippen MR) is 77.2 cm³/mol. The molecule has 1 N–H and O–H groups in total. The summed E-state index contributed by atoms with van der Waals surface area (Å²) < 4.78 is 10.5. The summed E-state index contributed by atoms with van der Waals surface area (Å²) in [6.07, 6.45) is 0.705. The molecule has 1 aromatic heterocycles. The number of anilines is 1. The van der Waals surface area contributed by atoms with Gasteiger partial charge in [-0.25, -0.2) is 0 Å². The van der Waals surface area contributed by atoms with Crippen LogP contribution in [0.4, 0.5) is 5.13 Å². The number of carbonyl (C=O) groups is 2. The van der Waals surface area contributed by atoms with Crippen LogP contribution >= 0.6 is 11.3 Å². The number of rotatable bonds is 6. The average molecular weight is 307 g/mol. The van der Waals surface area contributed by atoms with Gasteiger partial charge in [0.25, 0.3) is 5.91 Å². The van der Waals surface area contributed by atoms with E-state index >= 15 is 0 Å². The molecule has 0 aliphatic carbocycles. The Bertz CT molecular complexity index is 657. The van der Waals surface area contributed by atoms with Crippen molar-refractivity contribution in [1.29, 1.82) is 0 Å². The van der Waals surface area contributed by atoms with Crippen LogP contribution in [-0.2, 0) is 4.79 Å². The topological polar surface area (TPSA) is 90.4 Å². The highest BCUT2D eigenvalue weighted by molar-refractivity contribution is 7.15. The Balaban J connectivity index is 1.96. The van der Waals surface area contributed by atoms with Gasteiger partial charge in [-0.15, -0.1) is 10.2 Å². The van der Waals surface area contributed by atoms with Gasteiger partial charge in [0, 0.05) is 5.56 Å². The fraction of sp³-hybridized carbons (Fsp3) is 0.231. The van der Waals surface area contributed by atoms with Crippen molar-refractivity contribution in [2.24, 2.45) is 0 Å². The Hall–Kier alpha value is -2.48. The van der Waals surface area contributed by atoms with E-state index < -0.39 is 0 Å². The van der Waals surface area contributed by atoms with Gasteiger partial charge in [0.1, 0.15) is 11.3 Å². The van der Waals surface area contributed by atoms with Crippen LogP contribution in [0.1, 0.15) is 15.4 Å². The summed E-state index contributed by atoms with van der Waals surface area (Å²) in [6.45, 7) is 1.60. The summed E-state index contributed by atoms with van der Waals surface area (Å²) >= 11 is 1.28. The van der Waals surface area contributed by atoms with E-state index in [0.29, 0.717) is 28.5 Å². The van der Waals surface area contributed by atoms with E-state index in [0.717, 1.165) is 5.01 Å². The van der Waals surface area contributed by atoms with Crippen molar-refractivity contribution in [3.63, 3.8) is 0 Å². The second-order valence-electron chi connectivity index (χ2n) is 3.99. The van der Waals surface area contributed by atoms with Gasteiger partial charge >= 0.3 is 0 Å². The van der Waals surface area contributed by atoms with Gasteiger partial charge in [-0.2, -0.15) is 0 Å². The number of hydrogen-bond donors (Lipinski definition) is 1. The number of ether oxygens (including phenoxy) is 2. The number of carbonyl (C=O) groups excluding carboxylic acids is 2. The summed E-state index contributed by atoms with van der Waals surface area (Å²) in [4.78, 5) is 22.4. The van der Waals surface area contributed by atoms with Crippen molar-refractivity contribution in [3.8, 4) is 11.5 Å². The second kappa shape index (κ2) is 6.80. The van der Waals surface area contributed by atoms with E-state index in [2.05, 4.69) is 15.5 Å². The molecular weight excluding hydrogens is 294 g/mol. The lowest BCUT2D eigenvalue weighted by molar-refractivity contribution is -0.118. The van der Waals surface area contributed by atoms with Gasteiger partial charge in [0.2, 0.25) is 5.13 Å². The molecule has 110 valence electrons. The van der Waals surface area contributed by atoms with E-state index in [1.54, 1.807) is 19.1 Å². The Kier molecular flexibility index (Phi) is 4.83. The fourth-order valence-electron chi connectivity index (χ4n) is 1.52. The van der Waals surface area contributed by atoms with Crippen LogP contribution in [0, 0.1) is 6.92 Å².